The summed E-state index contributed by atoms with van der Waals surface area (Å²) in [5.41, 5.74) is 2.52. The number of rotatable bonds is 1. The first kappa shape index (κ1) is 14.0. The van der Waals surface area contributed by atoms with Crippen LogP contribution in [-0.4, -0.2) is 15.1 Å². The predicted octanol–water partition coefficient (Wildman–Crippen LogP) is 4.54. The minimum Gasteiger partial charge on any atom is -0.338 e. The van der Waals surface area contributed by atoms with Crippen molar-refractivity contribution in [1.82, 2.24) is 15.1 Å². The van der Waals surface area contributed by atoms with Crippen LogP contribution < -0.4 is 0 Å². The second-order valence-corrected chi connectivity index (χ2v) is 6.55. The van der Waals surface area contributed by atoms with Crippen LogP contribution in [0, 0.1) is 6.92 Å². The SMILES string of the molecule is Cc1ccc2nc(Cl)c(-c3noc(C(C)(C)C)n3)cc2c1. The number of hydrogen-bond donors (Lipinski definition) is 0. The molecule has 0 N–H and O–H groups in total. The van der Waals surface area contributed by atoms with Gasteiger partial charge in [0.1, 0.15) is 5.15 Å². The molecule has 0 aliphatic rings. The molecule has 0 radical (unpaired) electrons. The molecule has 3 rings (SSSR count). The number of fused-ring (bicyclic) bond motifs is 1. The molecule has 4 nitrogen and oxygen atoms in total. The summed E-state index contributed by atoms with van der Waals surface area (Å²) in [5.74, 6) is 1.05. The zero-order valence-electron chi connectivity index (χ0n) is 12.4. The van der Waals surface area contributed by atoms with Gasteiger partial charge in [0.15, 0.2) is 0 Å². The summed E-state index contributed by atoms with van der Waals surface area (Å²) in [6, 6.07) is 7.98. The third-order valence-electron chi connectivity index (χ3n) is 3.23. The highest BCUT2D eigenvalue weighted by Crippen LogP contribution is 2.30. The third-order valence-corrected chi connectivity index (χ3v) is 3.52. The quantitative estimate of drug-likeness (QED) is 0.619. The van der Waals surface area contributed by atoms with Crippen molar-refractivity contribution in [2.75, 3.05) is 0 Å². The van der Waals surface area contributed by atoms with E-state index in [4.69, 9.17) is 16.1 Å². The minimum absolute atomic E-state index is 0.196. The Bertz CT molecular complexity index is 818. The summed E-state index contributed by atoms with van der Waals surface area (Å²) in [4.78, 5) is 8.85. The number of benzene rings is 1. The van der Waals surface area contributed by atoms with Gasteiger partial charge < -0.3 is 4.52 Å². The van der Waals surface area contributed by atoms with Crippen molar-refractivity contribution in [2.45, 2.75) is 33.1 Å². The van der Waals surface area contributed by atoms with Crippen LogP contribution in [0.2, 0.25) is 5.15 Å². The summed E-state index contributed by atoms with van der Waals surface area (Å²) < 4.78 is 5.33. The van der Waals surface area contributed by atoms with Crippen LogP contribution in [0.1, 0.15) is 32.2 Å². The molecule has 5 heteroatoms. The Hall–Kier alpha value is -1.94. The average Bonchev–Trinajstić information content (AvgIpc) is 2.88. The second-order valence-electron chi connectivity index (χ2n) is 6.20. The van der Waals surface area contributed by atoms with Gasteiger partial charge in [-0.2, -0.15) is 4.98 Å². The first-order chi connectivity index (χ1) is 9.84. The molecule has 1 aromatic carbocycles. The molecule has 2 aromatic heterocycles. The van der Waals surface area contributed by atoms with E-state index >= 15 is 0 Å². The van der Waals surface area contributed by atoms with Crippen LogP contribution in [0.25, 0.3) is 22.3 Å². The maximum Gasteiger partial charge on any atom is 0.232 e. The Morgan fingerprint density at radius 3 is 2.52 bits per heavy atom. The van der Waals surface area contributed by atoms with E-state index in [0.717, 1.165) is 10.9 Å². The summed E-state index contributed by atoms with van der Waals surface area (Å²) >= 11 is 6.27. The summed E-state index contributed by atoms with van der Waals surface area (Å²) in [7, 11) is 0. The molecule has 0 bridgehead atoms. The Balaban J connectivity index is 2.15. The van der Waals surface area contributed by atoms with Gasteiger partial charge >= 0.3 is 0 Å². The van der Waals surface area contributed by atoms with Crippen LogP contribution in [0.4, 0.5) is 0 Å². The number of halogens is 1. The summed E-state index contributed by atoms with van der Waals surface area (Å²) in [6.45, 7) is 8.11. The smallest absolute Gasteiger partial charge is 0.232 e. The highest BCUT2D eigenvalue weighted by molar-refractivity contribution is 6.32. The second kappa shape index (κ2) is 4.81. The Morgan fingerprint density at radius 1 is 1.10 bits per heavy atom. The van der Waals surface area contributed by atoms with E-state index in [1.807, 2.05) is 45.9 Å². The van der Waals surface area contributed by atoms with Gasteiger partial charge in [-0.15, -0.1) is 0 Å². The van der Waals surface area contributed by atoms with Gasteiger partial charge in [0, 0.05) is 10.8 Å². The third kappa shape index (κ3) is 2.63. The van der Waals surface area contributed by atoms with Crippen molar-refractivity contribution in [3.63, 3.8) is 0 Å². The first-order valence-corrected chi connectivity index (χ1v) is 7.14. The van der Waals surface area contributed by atoms with Crippen molar-refractivity contribution in [3.8, 4) is 11.4 Å². The lowest BCUT2D eigenvalue weighted by Crippen LogP contribution is -2.11. The van der Waals surface area contributed by atoms with Crippen molar-refractivity contribution in [2.24, 2.45) is 0 Å². The topological polar surface area (TPSA) is 51.8 Å². The number of pyridine rings is 1. The minimum atomic E-state index is -0.196. The van der Waals surface area contributed by atoms with Crippen molar-refractivity contribution < 1.29 is 4.52 Å². The van der Waals surface area contributed by atoms with E-state index in [2.05, 4.69) is 21.2 Å². The highest BCUT2D eigenvalue weighted by atomic mass is 35.5. The van der Waals surface area contributed by atoms with Crippen LogP contribution in [0.15, 0.2) is 28.8 Å². The van der Waals surface area contributed by atoms with Gasteiger partial charge in [-0.1, -0.05) is 49.2 Å². The summed E-state index contributed by atoms with van der Waals surface area (Å²) in [6.07, 6.45) is 0. The summed E-state index contributed by atoms with van der Waals surface area (Å²) in [5, 5.41) is 5.43. The van der Waals surface area contributed by atoms with E-state index in [1.54, 1.807) is 0 Å². The van der Waals surface area contributed by atoms with Crippen LogP contribution in [0.3, 0.4) is 0 Å². The monoisotopic (exact) mass is 301 g/mol. The van der Waals surface area contributed by atoms with E-state index < -0.39 is 0 Å². The van der Waals surface area contributed by atoms with Gasteiger partial charge in [0.05, 0.1) is 11.1 Å². The lowest BCUT2D eigenvalue weighted by molar-refractivity contribution is 0.321. The highest BCUT2D eigenvalue weighted by Gasteiger charge is 2.23. The first-order valence-electron chi connectivity index (χ1n) is 6.76. The van der Waals surface area contributed by atoms with Crippen LogP contribution in [0.5, 0.6) is 0 Å². The molecule has 0 saturated carbocycles. The molecule has 0 aliphatic heterocycles. The molecule has 2 heterocycles. The zero-order valence-corrected chi connectivity index (χ0v) is 13.2. The number of aromatic nitrogens is 3. The molecular formula is C16H16ClN3O. The normalized spacial score (nSPS) is 12.0. The lowest BCUT2D eigenvalue weighted by atomic mass is 9.97. The van der Waals surface area contributed by atoms with E-state index in [9.17, 15) is 0 Å². The fraction of sp³-hybridized carbons (Fsp3) is 0.312. The standard InChI is InChI=1S/C16H16ClN3O/c1-9-5-6-12-10(7-9)8-11(13(17)18-12)14-19-15(21-20-14)16(2,3)4/h5-8H,1-4H3. The van der Waals surface area contributed by atoms with Gasteiger partial charge in [-0.25, -0.2) is 4.98 Å². The molecule has 0 saturated heterocycles. The maximum absolute atomic E-state index is 6.27. The molecule has 0 aliphatic carbocycles. The number of aryl methyl sites for hydroxylation is 1. The van der Waals surface area contributed by atoms with E-state index in [1.165, 1.54) is 5.56 Å². The lowest BCUT2D eigenvalue weighted by Gasteiger charge is -2.10. The molecule has 0 fully saturated rings. The molecule has 0 unspecified atom stereocenters. The molecule has 0 spiro atoms. The average molecular weight is 302 g/mol. The van der Waals surface area contributed by atoms with Crippen LogP contribution in [-0.2, 0) is 5.41 Å². The van der Waals surface area contributed by atoms with Gasteiger partial charge in [-0.05, 0) is 25.1 Å². The molecule has 21 heavy (non-hydrogen) atoms. The Kier molecular flexibility index (Phi) is 3.21. The zero-order chi connectivity index (χ0) is 15.2. The van der Waals surface area contributed by atoms with Crippen LogP contribution >= 0.6 is 11.6 Å². The van der Waals surface area contributed by atoms with Crippen molar-refractivity contribution in [1.29, 1.82) is 0 Å². The number of nitrogens with zero attached hydrogens (tertiary/aromatic N) is 3. The maximum atomic E-state index is 6.27. The van der Waals surface area contributed by atoms with Gasteiger partial charge in [0.2, 0.25) is 11.7 Å². The Morgan fingerprint density at radius 2 is 1.86 bits per heavy atom. The predicted molar refractivity (Wildman–Crippen MR) is 83.5 cm³/mol. The fourth-order valence-corrected chi connectivity index (χ4v) is 2.30. The Labute approximate surface area is 128 Å². The molecular weight excluding hydrogens is 286 g/mol. The van der Waals surface area contributed by atoms with Crippen molar-refractivity contribution in [3.05, 3.63) is 40.9 Å². The van der Waals surface area contributed by atoms with Gasteiger partial charge in [0.25, 0.3) is 0 Å². The fourth-order valence-electron chi connectivity index (χ4n) is 2.07. The largest absolute Gasteiger partial charge is 0.338 e. The number of hydrogen-bond acceptors (Lipinski definition) is 4. The van der Waals surface area contributed by atoms with Crippen molar-refractivity contribution >= 4 is 22.5 Å². The molecule has 3 aromatic rings. The van der Waals surface area contributed by atoms with E-state index in [-0.39, 0.29) is 5.41 Å². The van der Waals surface area contributed by atoms with Gasteiger partial charge in [-0.3, -0.25) is 0 Å². The molecule has 0 amide bonds. The molecule has 108 valence electrons. The van der Waals surface area contributed by atoms with E-state index in [0.29, 0.717) is 22.4 Å². The molecule has 0 atom stereocenters.